The van der Waals surface area contributed by atoms with Gasteiger partial charge in [0.15, 0.2) is 5.17 Å². The molecule has 2 amide bonds. The molecule has 2 aliphatic heterocycles. The normalized spacial score (nSPS) is 17.1. The zero-order valence-corrected chi connectivity index (χ0v) is 22.9. The smallest absolute Gasteiger partial charge is 0.255 e. The third-order valence-corrected chi connectivity index (χ3v) is 7.31. The lowest BCUT2D eigenvalue weighted by atomic mass is 9.91. The molecule has 0 bridgehead atoms. The van der Waals surface area contributed by atoms with Crippen LogP contribution < -0.4 is 10.6 Å². The van der Waals surface area contributed by atoms with E-state index in [0.717, 1.165) is 28.7 Å². The minimum atomic E-state index is -0.395. The van der Waals surface area contributed by atoms with Crippen LogP contribution in [-0.4, -0.2) is 54.0 Å². The van der Waals surface area contributed by atoms with Crippen LogP contribution in [-0.2, 0) is 9.59 Å². The first kappa shape index (κ1) is 26.7. The summed E-state index contributed by atoms with van der Waals surface area (Å²) in [5, 5.41) is 8.80. The van der Waals surface area contributed by atoms with Gasteiger partial charge in [-0.3, -0.25) is 9.59 Å². The maximum absolute atomic E-state index is 13.7. The molecule has 2 aliphatic rings. The van der Waals surface area contributed by atoms with Crippen molar-refractivity contribution in [3.05, 3.63) is 88.1 Å². The summed E-state index contributed by atoms with van der Waals surface area (Å²) in [5.74, 6) is 0.154. The summed E-state index contributed by atoms with van der Waals surface area (Å²) in [7, 11) is 3.95. The van der Waals surface area contributed by atoms with Crippen LogP contribution in [0.4, 0.5) is 5.69 Å². The molecule has 0 aromatic heterocycles. The number of amidine groups is 1. The number of carbonyl (C=O) groups excluding carboxylic acids is 2. The Bertz CT molecular complexity index is 1230. The summed E-state index contributed by atoms with van der Waals surface area (Å²) < 4.78 is 0. The number of thioether (sulfide) groups is 1. The van der Waals surface area contributed by atoms with Crippen LogP contribution in [0.25, 0.3) is 0 Å². The van der Waals surface area contributed by atoms with Crippen LogP contribution in [0.15, 0.2) is 82.0 Å². The zero-order chi connectivity index (χ0) is 26.5. The quantitative estimate of drug-likeness (QED) is 0.485. The van der Waals surface area contributed by atoms with Crippen molar-refractivity contribution < 1.29 is 9.59 Å². The molecule has 0 saturated carbocycles. The first-order valence-electron chi connectivity index (χ1n) is 12.6. The number of amides is 2. The lowest BCUT2D eigenvalue weighted by molar-refractivity contribution is -0.120. The number of carbonyl (C=O) groups is 2. The number of allylic oxidation sites excluding steroid dienone is 1. The van der Waals surface area contributed by atoms with Crippen LogP contribution in [0.5, 0.6) is 0 Å². The van der Waals surface area contributed by atoms with E-state index < -0.39 is 6.04 Å². The summed E-state index contributed by atoms with van der Waals surface area (Å²) >= 11 is 1.49. The molecule has 7 nitrogen and oxygen atoms in total. The molecule has 0 aliphatic carbocycles. The van der Waals surface area contributed by atoms with Gasteiger partial charge in [0.1, 0.15) is 0 Å². The predicted octanol–water partition coefficient (Wildman–Crippen LogP) is 5.09. The standard InChI is InChI=1S/C29H35N5O2S/c1-19(2)21-11-13-22(14-12-21)27-26(28(36)32-23-9-7-6-8-10-23)20(3)31-29-34(27)24(18-37-29)17-25(35)30-15-16-33(4)5/h6-14,18-19,27H,15-17H2,1-5H3,(H,30,35)(H,32,36)/t27-/m1/s1. The topological polar surface area (TPSA) is 77.0 Å². The number of fused-ring (bicyclic) bond motifs is 1. The van der Waals surface area contributed by atoms with Gasteiger partial charge in [0.25, 0.3) is 5.91 Å². The molecule has 2 N–H and O–H groups in total. The van der Waals surface area contributed by atoms with Crippen molar-refractivity contribution in [3.63, 3.8) is 0 Å². The van der Waals surface area contributed by atoms with Crippen LogP contribution in [0.2, 0.25) is 0 Å². The molecule has 194 valence electrons. The Morgan fingerprint density at radius 1 is 1.08 bits per heavy atom. The molecule has 8 heteroatoms. The summed E-state index contributed by atoms with van der Waals surface area (Å²) in [6, 6.07) is 17.5. The van der Waals surface area contributed by atoms with E-state index in [1.165, 1.54) is 17.3 Å². The van der Waals surface area contributed by atoms with Gasteiger partial charge in [-0.25, -0.2) is 4.99 Å². The lowest BCUT2D eigenvalue weighted by Gasteiger charge is -2.36. The number of likely N-dealkylation sites (N-methyl/N-ethyl adjacent to an activating group) is 1. The Hall–Kier alpha value is -3.36. The number of aliphatic imine (C=N–C) groups is 1. The number of hydrogen-bond donors (Lipinski definition) is 2. The second-order valence-electron chi connectivity index (χ2n) is 9.86. The second-order valence-corrected chi connectivity index (χ2v) is 10.7. The number of benzene rings is 2. The van der Waals surface area contributed by atoms with Crippen molar-refractivity contribution in [1.82, 2.24) is 15.1 Å². The van der Waals surface area contributed by atoms with E-state index in [2.05, 4.69) is 48.7 Å². The number of hydrogen-bond acceptors (Lipinski definition) is 6. The molecule has 37 heavy (non-hydrogen) atoms. The van der Waals surface area contributed by atoms with Crippen LogP contribution in [0, 0.1) is 0 Å². The van der Waals surface area contributed by atoms with Gasteiger partial charge in [0.05, 0.1) is 23.7 Å². The summed E-state index contributed by atoms with van der Waals surface area (Å²) in [4.78, 5) is 35.4. The summed E-state index contributed by atoms with van der Waals surface area (Å²) in [6.45, 7) is 7.56. The Morgan fingerprint density at radius 3 is 2.43 bits per heavy atom. The number of nitrogens with zero attached hydrogens (tertiary/aromatic N) is 3. The molecular weight excluding hydrogens is 482 g/mol. The maximum atomic E-state index is 13.7. The Labute approximate surface area is 223 Å². The molecule has 1 atom stereocenters. The highest BCUT2D eigenvalue weighted by Gasteiger charge is 2.40. The predicted molar refractivity (Wildman–Crippen MR) is 152 cm³/mol. The number of nitrogens with one attached hydrogen (secondary N) is 2. The van der Waals surface area contributed by atoms with Crippen molar-refractivity contribution in [2.45, 2.75) is 39.2 Å². The third-order valence-electron chi connectivity index (χ3n) is 6.42. The fraction of sp³-hybridized carbons (Fsp3) is 0.345. The van der Waals surface area contributed by atoms with Gasteiger partial charge < -0.3 is 20.4 Å². The van der Waals surface area contributed by atoms with E-state index in [4.69, 9.17) is 4.99 Å². The van der Waals surface area contributed by atoms with Crippen molar-refractivity contribution in [2.75, 3.05) is 32.5 Å². The fourth-order valence-electron chi connectivity index (χ4n) is 4.40. The van der Waals surface area contributed by atoms with E-state index in [1.54, 1.807) is 0 Å². The van der Waals surface area contributed by atoms with Crippen molar-refractivity contribution in [3.8, 4) is 0 Å². The minimum absolute atomic E-state index is 0.0505. The van der Waals surface area contributed by atoms with Crippen LogP contribution >= 0.6 is 11.8 Å². The van der Waals surface area contributed by atoms with E-state index in [9.17, 15) is 9.59 Å². The van der Waals surface area contributed by atoms with Crippen LogP contribution in [0.1, 0.15) is 50.3 Å². The van der Waals surface area contributed by atoms with E-state index in [-0.39, 0.29) is 18.2 Å². The zero-order valence-electron chi connectivity index (χ0n) is 22.1. The SMILES string of the molecule is CC1=C(C(=O)Nc2ccccc2)[C@@H](c2ccc(C(C)C)cc2)N2C(CC(=O)NCCN(C)C)=CSC2=N1. The minimum Gasteiger partial charge on any atom is -0.354 e. The average molecular weight is 518 g/mol. The summed E-state index contributed by atoms with van der Waals surface area (Å²) in [6.07, 6.45) is 0.215. The van der Waals surface area contributed by atoms with Crippen molar-refractivity contribution >= 4 is 34.4 Å². The maximum Gasteiger partial charge on any atom is 0.255 e. The highest BCUT2D eigenvalue weighted by molar-refractivity contribution is 8.16. The molecule has 0 fully saturated rings. The molecule has 2 heterocycles. The Balaban J connectivity index is 1.67. The van der Waals surface area contributed by atoms with E-state index in [0.29, 0.717) is 23.7 Å². The largest absolute Gasteiger partial charge is 0.354 e. The van der Waals surface area contributed by atoms with Gasteiger partial charge in [-0.1, -0.05) is 68.1 Å². The molecule has 2 aromatic rings. The van der Waals surface area contributed by atoms with Crippen molar-refractivity contribution in [1.29, 1.82) is 0 Å². The monoisotopic (exact) mass is 517 g/mol. The van der Waals surface area contributed by atoms with Gasteiger partial charge in [0.2, 0.25) is 5.91 Å². The van der Waals surface area contributed by atoms with Gasteiger partial charge >= 0.3 is 0 Å². The molecule has 0 radical (unpaired) electrons. The van der Waals surface area contributed by atoms with E-state index >= 15 is 0 Å². The third kappa shape index (κ3) is 6.32. The van der Waals surface area contributed by atoms with Gasteiger partial charge in [0, 0.05) is 24.5 Å². The second kappa shape index (κ2) is 11.8. The molecule has 0 saturated heterocycles. The van der Waals surface area contributed by atoms with Gasteiger partial charge in [-0.15, -0.1) is 0 Å². The molecule has 0 spiro atoms. The molecule has 4 rings (SSSR count). The Morgan fingerprint density at radius 2 is 1.78 bits per heavy atom. The molecular formula is C29H35N5O2S. The lowest BCUT2D eigenvalue weighted by Crippen LogP contribution is -2.39. The number of para-hydroxylation sites is 1. The van der Waals surface area contributed by atoms with E-state index in [1.807, 2.05) is 66.6 Å². The molecule has 2 aromatic carbocycles. The first-order valence-corrected chi connectivity index (χ1v) is 13.4. The highest BCUT2D eigenvalue weighted by atomic mass is 32.2. The Kier molecular flexibility index (Phi) is 8.51. The highest BCUT2D eigenvalue weighted by Crippen LogP contribution is 2.45. The number of anilines is 1. The summed E-state index contributed by atoms with van der Waals surface area (Å²) in [5.41, 5.74) is 5.03. The number of rotatable bonds is 9. The van der Waals surface area contributed by atoms with Gasteiger partial charge in [-0.2, -0.15) is 0 Å². The van der Waals surface area contributed by atoms with Gasteiger partial charge in [-0.05, 0) is 55.6 Å². The van der Waals surface area contributed by atoms with Crippen molar-refractivity contribution in [2.24, 2.45) is 4.99 Å². The fourth-order valence-corrected chi connectivity index (χ4v) is 5.37. The average Bonchev–Trinajstić information content (AvgIpc) is 3.25. The van der Waals surface area contributed by atoms with Crippen LogP contribution in [0.3, 0.4) is 0 Å². The first-order chi connectivity index (χ1) is 17.7. The molecule has 0 unspecified atom stereocenters.